The van der Waals surface area contributed by atoms with Gasteiger partial charge >= 0.3 is 0 Å². The molecule has 0 aliphatic carbocycles. The van der Waals surface area contributed by atoms with Gasteiger partial charge in [0.15, 0.2) is 9.84 Å². The summed E-state index contributed by atoms with van der Waals surface area (Å²) in [5, 5.41) is -0.275. The fraction of sp³-hybridized carbons (Fsp3) is 0.125. The minimum absolute atomic E-state index is 0.0530. The van der Waals surface area contributed by atoms with Crippen LogP contribution >= 0.6 is 0 Å². The fourth-order valence-corrected chi connectivity index (χ4v) is 4.60. The van der Waals surface area contributed by atoms with E-state index in [9.17, 15) is 26.8 Å². The normalized spacial score (nSPS) is 11.8. The number of carbonyl (C=O) groups is 2. The molecule has 0 aliphatic rings. The van der Waals surface area contributed by atoms with E-state index in [0.717, 1.165) is 12.1 Å². The third-order valence-corrected chi connectivity index (χ3v) is 7.67. The predicted molar refractivity (Wildman–Crippen MR) is 122 cm³/mol. The highest BCUT2D eigenvalue weighted by Gasteiger charge is 2.26. The van der Waals surface area contributed by atoms with Gasteiger partial charge < -0.3 is 10.7 Å². The quantitative estimate of drug-likeness (QED) is 0.401. The van der Waals surface area contributed by atoms with Crippen molar-refractivity contribution in [2.75, 3.05) is 0 Å². The predicted octanol–water partition coefficient (Wildman–Crippen LogP) is 4.02. The Labute approximate surface area is 193 Å². The largest absolute Gasteiger partial charge is 0.366 e. The van der Waals surface area contributed by atoms with Gasteiger partial charge in [-0.3, -0.25) is 9.59 Å². The van der Waals surface area contributed by atoms with Crippen LogP contribution in [0.2, 0.25) is 0 Å². The lowest BCUT2D eigenvalue weighted by molar-refractivity contribution is 0.0996. The van der Waals surface area contributed by atoms with Crippen molar-refractivity contribution in [2.24, 2.45) is 5.73 Å². The highest BCUT2D eigenvalue weighted by Crippen LogP contribution is 2.29. The first-order valence-electron chi connectivity index (χ1n) is 10.2. The molecule has 10 heteroatoms. The Balaban J connectivity index is 1.78. The average Bonchev–Trinajstić information content (AvgIpc) is 3.22. The van der Waals surface area contributed by atoms with E-state index in [-0.39, 0.29) is 10.5 Å². The van der Waals surface area contributed by atoms with Crippen LogP contribution in [0.15, 0.2) is 59.8 Å². The van der Waals surface area contributed by atoms with E-state index in [2.05, 4.69) is 9.97 Å². The van der Waals surface area contributed by atoms with E-state index in [4.69, 9.17) is 5.73 Å². The Bertz CT molecular complexity index is 1560. The van der Waals surface area contributed by atoms with E-state index < -0.39 is 49.5 Å². The highest BCUT2D eigenvalue weighted by molar-refractivity contribution is 7.92. The molecule has 2 aromatic heterocycles. The van der Waals surface area contributed by atoms with Crippen LogP contribution < -0.4 is 5.73 Å². The molecule has 0 unspecified atom stereocenters. The average molecular weight is 483 g/mol. The van der Waals surface area contributed by atoms with Crippen LogP contribution in [0.25, 0.3) is 22.2 Å². The Morgan fingerprint density at radius 2 is 1.68 bits per heavy atom. The summed E-state index contributed by atoms with van der Waals surface area (Å²) in [4.78, 5) is 31.7. The molecule has 0 saturated heterocycles. The van der Waals surface area contributed by atoms with Crippen molar-refractivity contribution < 1.29 is 26.8 Å². The van der Waals surface area contributed by atoms with Crippen molar-refractivity contribution in [3.05, 3.63) is 83.2 Å². The zero-order valence-electron chi connectivity index (χ0n) is 18.1. The first-order chi connectivity index (χ1) is 16.0. The molecule has 1 amide bonds. The summed E-state index contributed by atoms with van der Waals surface area (Å²) in [6.45, 7) is 3.19. The maximum absolute atomic E-state index is 14.7. The molecule has 0 aliphatic heterocycles. The fourth-order valence-electron chi connectivity index (χ4n) is 3.54. The number of pyridine rings is 1. The van der Waals surface area contributed by atoms with Crippen molar-refractivity contribution in [1.82, 2.24) is 9.97 Å². The standard InChI is InChI=1S/C24H19F2N3O4S/c1-12(2)34(32,33)15-5-3-13(4-6-15)14-9-17-18(11-29-24(17)28-10-14)22(30)20-19(25)8-7-16(21(20)26)23(27)31/h3-12H,1-2H3,(H2,27,31)(H,28,29). The van der Waals surface area contributed by atoms with Gasteiger partial charge in [0.1, 0.15) is 17.3 Å². The van der Waals surface area contributed by atoms with Crippen LogP contribution in [0.3, 0.4) is 0 Å². The smallest absolute Gasteiger partial charge is 0.251 e. The molecule has 34 heavy (non-hydrogen) atoms. The number of hydrogen-bond donors (Lipinski definition) is 2. The van der Waals surface area contributed by atoms with Crippen LogP contribution in [0.5, 0.6) is 0 Å². The Morgan fingerprint density at radius 1 is 1.00 bits per heavy atom. The second-order valence-electron chi connectivity index (χ2n) is 7.92. The molecule has 4 rings (SSSR count). The molecule has 0 bridgehead atoms. The van der Waals surface area contributed by atoms with E-state index >= 15 is 0 Å². The van der Waals surface area contributed by atoms with E-state index in [0.29, 0.717) is 22.2 Å². The number of H-pyrrole nitrogens is 1. The summed E-state index contributed by atoms with van der Waals surface area (Å²) in [6.07, 6.45) is 2.80. The molecule has 2 heterocycles. The van der Waals surface area contributed by atoms with Crippen molar-refractivity contribution >= 4 is 32.6 Å². The van der Waals surface area contributed by atoms with Crippen LogP contribution in [-0.4, -0.2) is 35.3 Å². The van der Waals surface area contributed by atoms with Crippen molar-refractivity contribution in [3.8, 4) is 11.1 Å². The van der Waals surface area contributed by atoms with Crippen molar-refractivity contribution in [1.29, 1.82) is 0 Å². The molecular formula is C24H19F2N3O4S. The number of nitrogens with two attached hydrogens (primary N) is 1. The van der Waals surface area contributed by atoms with Crippen molar-refractivity contribution in [3.63, 3.8) is 0 Å². The van der Waals surface area contributed by atoms with Gasteiger partial charge in [0.2, 0.25) is 5.78 Å². The van der Waals surface area contributed by atoms with Gasteiger partial charge in [-0.25, -0.2) is 22.2 Å². The zero-order chi connectivity index (χ0) is 24.8. The maximum Gasteiger partial charge on any atom is 0.251 e. The lowest BCUT2D eigenvalue weighted by atomic mass is 9.98. The minimum Gasteiger partial charge on any atom is -0.366 e. The second kappa shape index (κ2) is 8.45. The third-order valence-electron chi connectivity index (χ3n) is 5.50. The van der Waals surface area contributed by atoms with Crippen LogP contribution in [0.1, 0.15) is 40.1 Å². The lowest BCUT2D eigenvalue weighted by Crippen LogP contribution is -2.17. The first kappa shape index (κ1) is 23.2. The monoisotopic (exact) mass is 483 g/mol. The minimum atomic E-state index is -3.44. The molecule has 0 fully saturated rings. The van der Waals surface area contributed by atoms with Gasteiger partial charge in [-0.05, 0) is 49.7 Å². The van der Waals surface area contributed by atoms with Crippen LogP contribution in [0.4, 0.5) is 8.78 Å². The molecule has 3 N–H and O–H groups in total. The van der Waals surface area contributed by atoms with Gasteiger partial charge in [0.05, 0.1) is 21.3 Å². The highest BCUT2D eigenvalue weighted by atomic mass is 32.2. The summed E-state index contributed by atoms with van der Waals surface area (Å²) in [5.41, 5.74) is 5.06. The molecule has 174 valence electrons. The number of sulfone groups is 1. The Kier molecular flexibility index (Phi) is 5.78. The number of rotatable bonds is 6. The Hall–Kier alpha value is -3.92. The maximum atomic E-state index is 14.7. The lowest BCUT2D eigenvalue weighted by Gasteiger charge is -2.09. The molecule has 7 nitrogen and oxygen atoms in total. The molecule has 0 atom stereocenters. The van der Waals surface area contributed by atoms with Gasteiger partial charge in [0.25, 0.3) is 5.91 Å². The van der Waals surface area contributed by atoms with Gasteiger partial charge in [0, 0.05) is 28.9 Å². The number of nitrogens with one attached hydrogen (secondary N) is 1. The summed E-state index contributed by atoms with van der Waals surface area (Å²) >= 11 is 0. The summed E-state index contributed by atoms with van der Waals surface area (Å²) in [7, 11) is -3.44. The SMILES string of the molecule is CC(C)S(=O)(=O)c1ccc(-c2cnc3[nH]cc(C(=O)c4c(F)ccc(C(N)=O)c4F)c3c2)cc1. The van der Waals surface area contributed by atoms with E-state index in [1.165, 1.54) is 24.5 Å². The van der Waals surface area contributed by atoms with E-state index in [1.807, 2.05) is 0 Å². The first-order valence-corrected chi connectivity index (χ1v) is 11.7. The number of carbonyl (C=O) groups excluding carboxylic acids is 2. The van der Waals surface area contributed by atoms with Crippen molar-refractivity contribution in [2.45, 2.75) is 24.0 Å². The van der Waals surface area contributed by atoms with Crippen LogP contribution in [-0.2, 0) is 9.84 Å². The molecular weight excluding hydrogens is 464 g/mol. The second-order valence-corrected chi connectivity index (χ2v) is 10.4. The van der Waals surface area contributed by atoms with E-state index in [1.54, 1.807) is 32.0 Å². The summed E-state index contributed by atoms with van der Waals surface area (Å²) in [5.74, 6) is -4.58. The third kappa shape index (κ3) is 3.86. The molecule has 0 spiro atoms. The number of ketones is 1. The number of aromatic nitrogens is 2. The summed E-state index contributed by atoms with van der Waals surface area (Å²) in [6, 6.07) is 9.48. The number of benzene rings is 2. The number of nitrogens with zero attached hydrogens (tertiary/aromatic N) is 1. The number of amides is 1. The van der Waals surface area contributed by atoms with Crippen LogP contribution in [0, 0.1) is 11.6 Å². The number of halogens is 2. The molecule has 0 saturated carbocycles. The van der Waals surface area contributed by atoms with Gasteiger partial charge in [-0.1, -0.05) is 12.1 Å². The number of primary amides is 1. The van der Waals surface area contributed by atoms with Gasteiger partial charge in [-0.2, -0.15) is 0 Å². The number of hydrogen-bond acceptors (Lipinski definition) is 5. The summed E-state index contributed by atoms with van der Waals surface area (Å²) < 4.78 is 53.8. The molecule has 2 aromatic carbocycles. The topological polar surface area (TPSA) is 123 Å². The molecule has 0 radical (unpaired) electrons. The molecule has 4 aromatic rings. The van der Waals surface area contributed by atoms with Gasteiger partial charge in [-0.15, -0.1) is 0 Å². The number of fused-ring (bicyclic) bond motifs is 1. The number of aromatic amines is 1. The zero-order valence-corrected chi connectivity index (χ0v) is 18.9. The Morgan fingerprint density at radius 3 is 2.29 bits per heavy atom.